The highest BCUT2D eigenvalue weighted by Gasteiger charge is 2.47. The fraction of sp³-hybridized carbons (Fsp3) is 0.423. The normalized spacial score (nSPS) is 22.1. The zero-order valence-electron chi connectivity index (χ0n) is 19.0. The third-order valence-electron chi connectivity index (χ3n) is 6.53. The summed E-state index contributed by atoms with van der Waals surface area (Å²) < 4.78 is 0. The van der Waals surface area contributed by atoms with Crippen LogP contribution in [0.4, 0.5) is 5.69 Å². The average Bonchev–Trinajstić information content (AvgIpc) is 3.18. The second-order valence-electron chi connectivity index (χ2n) is 9.28. The van der Waals surface area contributed by atoms with Crippen LogP contribution in [0.5, 0.6) is 0 Å². The van der Waals surface area contributed by atoms with Crippen molar-refractivity contribution in [1.29, 1.82) is 0 Å². The first kappa shape index (κ1) is 23.3. The molecule has 174 valence electrons. The van der Waals surface area contributed by atoms with Crippen molar-refractivity contribution in [3.05, 3.63) is 64.7 Å². The number of hydrogen-bond donors (Lipinski definition) is 2. The lowest BCUT2D eigenvalue weighted by Gasteiger charge is -2.33. The highest BCUT2D eigenvalue weighted by atomic mass is 35.5. The van der Waals surface area contributed by atoms with E-state index in [0.29, 0.717) is 34.2 Å². The number of nitrogens with zero attached hydrogens (tertiary/aromatic N) is 1. The Morgan fingerprint density at radius 2 is 1.73 bits per heavy atom. The van der Waals surface area contributed by atoms with Gasteiger partial charge in [-0.05, 0) is 81.5 Å². The number of carbonyl (C=O) groups is 3. The van der Waals surface area contributed by atoms with Gasteiger partial charge >= 0.3 is 0 Å². The van der Waals surface area contributed by atoms with Crippen LogP contribution in [-0.4, -0.2) is 40.7 Å². The van der Waals surface area contributed by atoms with E-state index in [4.69, 9.17) is 11.6 Å². The molecule has 2 fully saturated rings. The molecule has 1 aliphatic heterocycles. The molecular formula is C26H30ClN3O3. The second kappa shape index (κ2) is 9.96. The minimum atomic E-state index is -0.534. The van der Waals surface area contributed by atoms with Crippen LogP contribution >= 0.6 is 11.6 Å². The van der Waals surface area contributed by atoms with E-state index in [1.165, 1.54) is 0 Å². The molecule has 1 aliphatic carbocycles. The molecule has 6 nitrogen and oxygen atoms in total. The third kappa shape index (κ3) is 5.22. The summed E-state index contributed by atoms with van der Waals surface area (Å²) >= 11 is 6.12. The Balaban J connectivity index is 1.52. The van der Waals surface area contributed by atoms with Crippen LogP contribution in [0, 0.1) is 5.92 Å². The van der Waals surface area contributed by atoms with Gasteiger partial charge in [0.05, 0.1) is 0 Å². The Morgan fingerprint density at radius 1 is 1.00 bits per heavy atom. The number of carbonyl (C=O) groups excluding carboxylic acids is 3. The maximum absolute atomic E-state index is 13.5. The van der Waals surface area contributed by atoms with Gasteiger partial charge in [-0.15, -0.1) is 0 Å². The lowest BCUT2D eigenvalue weighted by Crippen LogP contribution is -2.47. The van der Waals surface area contributed by atoms with Gasteiger partial charge in [0, 0.05) is 33.9 Å². The number of benzene rings is 2. The Bertz CT molecular complexity index is 1040. The number of anilines is 1. The predicted octanol–water partition coefficient (Wildman–Crippen LogP) is 4.89. The molecule has 0 bridgehead atoms. The minimum absolute atomic E-state index is 0.0470. The molecule has 1 heterocycles. The van der Waals surface area contributed by atoms with E-state index >= 15 is 0 Å². The van der Waals surface area contributed by atoms with Crippen molar-refractivity contribution < 1.29 is 14.4 Å². The van der Waals surface area contributed by atoms with E-state index in [1.54, 1.807) is 53.4 Å². The number of rotatable bonds is 5. The first-order valence-electron chi connectivity index (χ1n) is 11.6. The van der Waals surface area contributed by atoms with E-state index in [9.17, 15) is 14.4 Å². The van der Waals surface area contributed by atoms with Gasteiger partial charge in [0.25, 0.3) is 11.8 Å². The first-order chi connectivity index (χ1) is 15.8. The number of likely N-dealkylation sites (tertiary alicyclic amines) is 1. The van der Waals surface area contributed by atoms with Crippen LogP contribution in [0.3, 0.4) is 0 Å². The molecule has 2 aliphatic rings. The van der Waals surface area contributed by atoms with Gasteiger partial charge in [-0.2, -0.15) is 0 Å². The van der Waals surface area contributed by atoms with E-state index in [1.807, 2.05) is 13.8 Å². The van der Waals surface area contributed by atoms with Crippen LogP contribution < -0.4 is 10.6 Å². The van der Waals surface area contributed by atoms with Gasteiger partial charge in [0.1, 0.15) is 6.04 Å². The molecule has 3 atom stereocenters. The standard InChI is InChI=1S/C26H30ClN3O3/c1-16(2)28-24(31)17-10-12-21(13-11-17)29-25(32)23-15-18-6-3-4-9-22(18)30(23)26(33)19-7-5-8-20(27)14-19/h5,7-8,10-14,16,18,22-23H,3-4,6,9,15H2,1-2H3,(H,28,31)(H,29,32). The quantitative estimate of drug-likeness (QED) is 0.657. The number of hydrogen-bond acceptors (Lipinski definition) is 3. The zero-order chi connectivity index (χ0) is 23.5. The molecule has 0 aromatic heterocycles. The lowest BCUT2D eigenvalue weighted by atomic mass is 9.84. The van der Waals surface area contributed by atoms with Gasteiger partial charge in [0.15, 0.2) is 0 Å². The SMILES string of the molecule is CC(C)NC(=O)c1ccc(NC(=O)C2CC3CCCCC3N2C(=O)c2cccc(Cl)c2)cc1. The van der Waals surface area contributed by atoms with Crippen LogP contribution in [0.2, 0.25) is 5.02 Å². The van der Waals surface area contributed by atoms with Gasteiger partial charge in [-0.3, -0.25) is 14.4 Å². The summed E-state index contributed by atoms with van der Waals surface area (Å²) in [6.45, 7) is 3.81. The molecule has 0 spiro atoms. The fourth-order valence-corrected chi connectivity index (χ4v) is 5.22. The molecule has 1 saturated carbocycles. The lowest BCUT2D eigenvalue weighted by molar-refractivity contribution is -0.120. The van der Waals surface area contributed by atoms with Crippen LogP contribution in [-0.2, 0) is 4.79 Å². The molecule has 2 N–H and O–H groups in total. The Labute approximate surface area is 199 Å². The molecule has 3 amide bonds. The summed E-state index contributed by atoms with van der Waals surface area (Å²) in [5.74, 6) is -0.160. The van der Waals surface area contributed by atoms with Crippen LogP contribution in [0.1, 0.15) is 66.7 Å². The number of amides is 3. The maximum Gasteiger partial charge on any atom is 0.254 e. The van der Waals surface area contributed by atoms with Gasteiger partial charge < -0.3 is 15.5 Å². The monoisotopic (exact) mass is 467 g/mol. The summed E-state index contributed by atoms with van der Waals surface area (Å²) in [6, 6.07) is 13.3. The van der Waals surface area contributed by atoms with Crippen LogP contribution in [0.15, 0.2) is 48.5 Å². The summed E-state index contributed by atoms with van der Waals surface area (Å²) in [7, 11) is 0. The Morgan fingerprint density at radius 3 is 2.42 bits per heavy atom. The molecule has 3 unspecified atom stereocenters. The van der Waals surface area contributed by atoms with Crippen molar-refractivity contribution >= 4 is 35.0 Å². The molecule has 33 heavy (non-hydrogen) atoms. The topological polar surface area (TPSA) is 78.5 Å². The van der Waals surface area contributed by atoms with Crippen molar-refractivity contribution in [2.24, 2.45) is 5.92 Å². The molecule has 0 radical (unpaired) electrons. The van der Waals surface area contributed by atoms with Gasteiger partial charge in [-0.25, -0.2) is 0 Å². The number of nitrogens with one attached hydrogen (secondary N) is 2. The summed E-state index contributed by atoms with van der Waals surface area (Å²) in [5, 5.41) is 6.31. The zero-order valence-corrected chi connectivity index (χ0v) is 19.8. The Kier molecular flexibility index (Phi) is 7.03. The second-order valence-corrected chi connectivity index (χ2v) is 9.72. The predicted molar refractivity (Wildman–Crippen MR) is 129 cm³/mol. The first-order valence-corrected chi connectivity index (χ1v) is 12.0. The molecular weight excluding hydrogens is 438 g/mol. The average molecular weight is 468 g/mol. The summed E-state index contributed by atoms with van der Waals surface area (Å²) in [6.07, 6.45) is 4.81. The largest absolute Gasteiger partial charge is 0.350 e. The van der Waals surface area contributed by atoms with Crippen molar-refractivity contribution in [2.45, 2.75) is 64.1 Å². The fourth-order valence-electron chi connectivity index (χ4n) is 5.03. The van der Waals surface area contributed by atoms with Crippen molar-refractivity contribution in [2.75, 3.05) is 5.32 Å². The summed E-state index contributed by atoms with van der Waals surface area (Å²) in [4.78, 5) is 40.8. The Hall–Kier alpha value is -2.86. The van der Waals surface area contributed by atoms with Gasteiger partial charge in [0.2, 0.25) is 5.91 Å². The molecule has 7 heteroatoms. The third-order valence-corrected chi connectivity index (χ3v) is 6.77. The molecule has 2 aromatic carbocycles. The molecule has 1 saturated heterocycles. The maximum atomic E-state index is 13.5. The molecule has 2 aromatic rings. The number of fused-ring (bicyclic) bond motifs is 1. The van der Waals surface area contributed by atoms with Gasteiger partial charge in [-0.1, -0.05) is 30.5 Å². The van der Waals surface area contributed by atoms with E-state index in [-0.39, 0.29) is 29.8 Å². The molecule has 4 rings (SSSR count). The van der Waals surface area contributed by atoms with Crippen molar-refractivity contribution in [1.82, 2.24) is 10.2 Å². The van der Waals surface area contributed by atoms with Crippen molar-refractivity contribution in [3.8, 4) is 0 Å². The minimum Gasteiger partial charge on any atom is -0.350 e. The summed E-state index contributed by atoms with van der Waals surface area (Å²) in [5.41, 5.74) is 1.64. The van der Waals surface area contributed by atoms with Crippen molar-refractivity contribution in [3.63, 3.8) is 0 Å². The van der Waals surface area contributed by atoms with E-state index < -0.39 is 6.04 Å². The smallest absolute Gasteiger partial charge is 0.254 e. The van der Waals surface area contributed by atoms with E-state index in [2.05, 4.69) is 10.6 Å². The van der Waals surface area contributed by atoms with Crippen LogP contribution in [0.25, 0.3) is 0 Å². The van der Waals surface area contributed by atoms with E-state index in [0.717, 1.165) is 25.7 Å². The number of halogens is 1. The highest BCUT2D eigenvalue weighted by Crippen LogP contribution is 2.41. The highest BCUT2D eigenvalue weighted by molar-refractivity contribution is 6.31.